The van der Waals surface area contributed by atoms with Gasteiger partial charge in [0.1, 0.15) is 5.15 Å². The number of hydrogen-bond donors (Lipinski definition) is 1. The fraction of sp³-hybridized carbons (Fsp3) is 0.538. The highest BCUT2D eigenvalue weighted by Gasteiger charge is 2.42. The minimum absolute atomic E-state index is 0.0615. The number of aromatic nitrogens is 1. The van der Waals surface area contributed by atoms with Gasteiger partial charge in [-0.25, -0.2) is 4.98 Å². The van der Waals surface area contributed by atoms with Crippen molar-refractivity contribution in [3.8, 4) is 0 Å². The van der Waals surface area contributed by atoms with Gasteiger partial charge in [0, 0.05) is 17.8 Å². The van der Waals surface area contributed by atoms with Gasteiger partial charge >= 0.3 is 6.18 Å². The highest BCUT2D eigenvalue weighted by Crippen LogP contribution is 2.37. The predicted molar refractivity (Wildman–Crippen MR) is 68.5 cm³/mol. The lowest BCUT2D eigenvalue weighted by Crippen LogP contribution is -2.41. The van der Waals surface area contributed by atoms with Gasteiger partial charge in [-0.3, -0.25) is 4.79 Å². The summed E-state index contributed by atoms with van der Waals surface area (Å²) in [5.74, 6) is -1.75. The molecule has 20 heavy (non-hydrogen) atoms. The third-order valence-corrected chi connectivity index (χ3v) is 3.67. The number of hydrogen-bond acceptors (Lipinski definition) is 2. The second-order valence-electron chi connectivity index (χ2n) is 4.94. The number of pyridine rings is 1. The number of halogens is 4. The van der Waals surface area contributed by atoms with Crippen LogP contribution in [0.3, 0.4) is 0 Å². The molecule has 2 unspecified atom stereocenters. The molecule has 2 atom stereocenters. The first-order valence-electron chi connectivity index (χ1n) is 6.35. The van der Waals surface area contributed by atoms with E-state index in [9.17, 15) is 18.0 Å². The standard InChI is InChI=1S/C13H14ClF3N2O/c14-11-6-8(4-5-18-11)12(20)19-10-3-1-2-9(7-10)13(15,16)17/h4-6,9-10H,1-3,7H2,(H,19,20). The van der Waals surface area contributed by atoms with Gasteiger partial charge in [-0.1, -0.05) is 18.0 Å². The fourth-order valence-corrected chi connectivity index (χ4v) is 2.60. The van der Waals surface area contributed by atoms with Gasteiger partial charge < -0.3 is 5.32 Å². The normalized spacial score (nSPS) is 23.4. The molecule has 0 aliphatic heterocycles. The first-order valence-corrected chi connectivity index (χ1v) is 6.73. The molecule has 1 aromatic rings. The van der Waals surface area contributed by atoms with Crippen molar-refractivity contribution in [2.75, 3.05) is 0 Å². The van der Waals surface area contributed by atoms with Crippen LogP contribution < -0.4 is 5.32 Å². The van der Waals surface area contributed by atoms with Crippen molar-refractivity contribution in [2.45, 2.75) is 37.9 Å². The number of rotatable bonds is 2. The number of alkyl halides is 3. The maximum Gasteiger partial charge on any atom is 0.391 e. The number of carbonyl (C=O) groups excluding carboxylic acids is 1. The van der Waals surface area contributed by atoms with Crippen LogP contribution in [0.25, 0.3) is 0 Å². The van der Waals surface area contributed by atoms with E-state index in [2.05, 4.69) is 10.3 Å². The van der Waals surface area contributed by atoms with Crippen LogP contribution in [0.5, 0.6) is 0 Å². The summed E-state index contributed by atoms with van der Waals surface area (Å²) in [5.41, 5.74) is 0.305. The molecule has 1 heterocycles. The molecule has 3 nitrogen and oxygen atoms in total. The minimum atomic E-state index is -4.19. The molecule has 1 fully saturated rings. The van der Waals surface area contributed by atoms with Crippen molar-refractivity contribution in [3.63, 3.8) is 0 Å². The molecular formula is C13H14ClF3N2O. The Labute approximate surface area is 119 Å². The highest BCUT2D eigenvalue weighted by atomic mass is 35.5. The molecule has 1 amide bonds. The van der Waals surface area contributed by atoms with Gasteiger partial charge in [0.2, 0.25) is 0 Å². The van der Waals surface area contributed by atoms with Crippen LogP contribution in [-0.4, -0.2) is 23.1 Å². The van der Waals surface area contributed by atoms with Gasteiger partial charge in [0.25, 0.3) is 5.91 Å². The summed E-state index contributed by atoms with van der Waals surface area (Å²) in [5, 5.41) is 2.81. The summed E-state index contributed by atoms with van der Waals surface area (Å²) in [7, 11) is 0. The molecule has 1 aliphatic carbocycles. The Morgan fingerprint density at radius 1 is 1.40 bits per heavy atom. The Balaban J connectivity index is 1.98. The molecule has 1 N–H and O–H groups in total. The van der Waals surface area contributed by atoms with Gasteiger partial charge in [0.05, 0.1) is 5.92 Å². The summed E-state index contributed by atoms with van der Waals surface area (Å²) < 4.78 is 38.1. The Morgan fingerprint density at radius 2 is 2.15 bits per heavy atom. The SMILES string of the molecule is O=C(NC1CCCC(C(F)(F)F)C1)c1ccnc(Cl)c1. The fourth-order valence-electron chi connectivity index (χ4n) is 2.43. The number of amides is 1. The summed E-state index contributed by atoms with van der Waals surface area (Å²) in [4.78, 5) is 15.7. The van der Waals surface area contributed by atoms with Crippen LogP contribution in [0.1, 0.15) is 36.0 Å². The molecule has 1 aliphatic rings. The van der Waals surface area contributed by atoms with E-state index in [-0.39, 0.29) is 18.0 Å². The van der Waals surface area contributed by atoms with E-state index in [1.165, 1.54) is 18.3 Å². The van der Waals surface area contributed by atoms with Crippen molar-refractivity contribution < 1.29 is 18.0 Å². The van der Waals surface area contributed by atoms with E-state index in [1.54, 1.807) is 0 Å². The number of nitrogens with zero attached hydrogens (tertiary/aromatic N) is 1. The van der Waals surface area contributed by atoms with Crippen LogP contribution in [0.4, 0.5) is 13.2 Å². The lowest BCUT2D eigenvalue weighted by molar-refractivity contribution is -0.183. The average molecular weight is 307 g/mol. The van der Waals surface area contributed by atoms with Crippen LogP contribution in [0.2, 0.25) is 5.15 Å². The number of nitrogens with one attached hydrogen (secondary N) is 1. The van der Waals surface area contributed by atoms with Crippen LogP contribution in [0.15, 0.2) is 18.3 Å². The van der Waals surface area contributed by atoms with Crippen molar-refractivity contribution in [2.24, 2.45) is 5.92 Å². The predicted octanol–water partition coefficient (Wildman–Crippen LogP) is 3.59. The van der Waals surface area contributed by atoms with E-state index < -0.39 is 24.0 Å². The highest BCUT2D eigenvalue weighted by molar-refractivity contribution is 6.29. The Morgan fingerprint density at radius 3 is 2.80 bits per heavy atom. The molecule has 0 radical (unpaired) electrons. The molecule has 110 valence electrons. The monoisotopic (exact) mass is 306 g/mol. The summed E-state index contributed by atoms with van der Waals surface area (Å²) >= 11 is 5.67. The van der Waals surface area contributed by atoms with Gasteiger partial charge in [0.15, 0.2) is 0 Å². The van der Waals surface area contributed by atoms with E-state index in [0.717, 1.165) is 0 Å². The lowest BCUT2D eigenvalue weighted by Gasteiger charge is -2.31. The van der Waals surface area contributed by atoms with Crippen molar-refractivity contribution in [3.05, 3.63) is 29.0 Å². The second-order valence-corrected chi connectivity index (χ2v) is 5.33. The Kier molecular flexibility index (Phi) is 4.52. The third kappa shape index (κ3) is 3.85. The zero-order valence-corrected chi connectivity index (χ0v) is 11.3. The summed E-state index contributed by atoms with van der Waals surface area (Å²) in [6.45, 7) is 0. The maximum atomic E-state index is 12.7. The first kappa shape index (κ1) is 15.1. The van der Waals surface area contributed by atoms with E-state index >= 15 is 0 Å². The molecule has 7 heteroatoms. The Hall–Kier alpha value is -1.30. The van der Waals surface area contributed by atoms with E-state index in [1.807, 2.05) is 0 Å². The molecular weight excluding hydrogens is 293 g/mol. The molecule has 0 saturated heterocycles. The lowest BCUT2D eigenvalue weighted by atomic mass is 9.85. The quantitative estimate of drug-likeness (QED) is 0.849. The zero-order valence-electron chi connectivity index (χ0n) is 10.6. The number of carbonyl (C=O) groups is 1. The van der Waals surface area contributed by atoms with Gasteiger partial charge in [-0.05, 0) is 31.4 Å². The molecule has 1 saturated carbocycles. The zero-order chi connectivity index (χ0) is 14.8. The van der Waals surface area contributed by atoms with Crippen LogP contribution >= 0.6 is 11.6 Å². The van der Waals surface area contributed by atoms with E-state index in [4.69, 9.17) is 11.6 Å². The first-order chi connectivity index (χ1) is 9.36. The molecule has 1 aromatic heterocycles. The smallest absolute Gasteiger partial charge is 0.349 e. The average Bonchev–Trinajstić information content (AvgIpc) is 2.38. The van der Waals surface area contributed by atoms with Crippen LogP contribution in [0, 0.1) is 5.92 Å². The van der Waals surface area contributed by atoms with Crippen LogP contribution in [-0.2, 0) is 0 Å². The molecule has 2 rings (SSSR count). The summed E-state index contributed by atoms with van der Waals surface area (Å²) in [6, 6.07) is 2.42. The second kappa shape index (κ2) is 5.99. The topological polar surface area (TPSA) is 42.0 Å². The van der Waals surface area contributed by atoms with Crippen molar-refractivity contribution >= 4 is 17.5 Å². The van der Waals surface area contributed by atoms with Crippen molar-refractivity contribution in [1.82, 2.24) is 10.3 Å². The maximum absolute atomic E-state index is 12.7. The molecule has 0 bridgehead atoms. The third-order valence-electron chi connectivity index (χ3n) is 3.46. The minimum Gasteiger partial charge on any atom is -0.349 e. The Bertz CT molecular complexity index is 493. The molecule has 0 spiro atoms. The molecule has 0 aromatic carbocycles. The summed E-state index contributed by atoms with van der Waals surface area (Å²) in [6.07, 6.45) is -1.70. The van der Waals surface area contributed by atoms with Gasteiger partial charge in [-0.15, -0.1) is 0 Å². The largest absolute Gasteiger partial charge is 0.391 e. The van der Waals surface area contributed by atoms with Crippen molar-refractivity contribution in [1.29, 1.82) is 0 Å². The van der Waals surface area contributed by atoms with Gasteiger partial charge in [-0.2, -0.15) is 13.2 Å². The van der Waals surface area contributed by atoms with E-state index in [0.29, 0.717) is 18.4 Å².